The normalized spacial score (nSPS) is 13.2. The summed E-state index contributed by atoms with van der Waals surface area (Å²) >= 11 is 0. The van der Waals surface area contributed by atoms with Crippen LogP contribution in [0.4, 0.5) is 13.2 Å². The second-order valence-electron chi connectivity index (χ2n) is 4.43. The van der Waals surface area contributed by atoms with Crippen LogP contribution in [0.5, 0.6) is 5.75 Å². The van der Waals surface area contributed by atoms with Gasteiger partial charge in [0.05, 0.1) is 0 Å². The van der Waals surface area contributed by atoms with E-state index in [-0.39, 0.29) is 17.9 Å². The Bertz CT molecular complexity index is 537. The van der Waals surface area contributed by atoms with Crippen LogP contribution in [0.15, 0.2) is 54.6 Å². The first kappa shape index (κ1) is 14.4. The Hall–Kier alpha value is -2.01. The Morgan fingerprint density at radius 2 is 1.55 bits per heavy atom. The van der Waals surface area contributed by atoms with Gasteiger partial charge in [-0.2, -0.15) is 13.2 Å². The van der Waals surface area contributed by atoms with Gasteiger partial charge in [-0.3, -0.25) is 5.32 Å². The molecular weight excluding hydrogens is 267 g/mol. The summed E-state index contributed by atoms with van der Waals surface area (Å²) in [6.07, 6.45) is -4.36. The molecule has 0 spiro atoms. The number of alkyl halides is 3. The average molecular weight is 281 g/mol. The fourth-order valence-electron chi connectivity index (χ4n) is 1.90. The van der Waals surface area contributed by atoms with Crippen molar-refractivity contribution in [1.82, 2.24) is 5.32 Å². The lowest BCUT2D eigenvalue weighted by Crippen LogP contribution is -2.33. The molecule has 2 N–H and O–H groups in total. The van der Waals surface area contributed by atoms with Gasteiger partial charge >= 0.3 is 6.18 Å². The van der Waals surface area contributed by atoms with Gasteiger partial charge in [-0.1, -0.05) is 42.5 Å². The molecule has 2 nitrogen and oxygen atoms in total. The highest BCUT2D eigenvalue weighted by Gasteiger charge is 2.40. The SMILES string of the molecule is Oc1ccc(CNC(c2ccccc2)C(F)(F)F)cc1. The zero-order valence-corrected chi connectivity index (χ0v) is 10.6. The lowest BCUT2D eigenvalue weighted by molar-refractivity contribution is -0.158. The average Bonchev–Trinajstić information content (AvgIpc) is 2.41. The van der Waals surface area contributed by atoms with Gasteiger partial charge in [0.1, 0.15) is 11.8 Å². The van der Waals surface area contributed by atoms with Crippen LogP contribution >= 0.6 is 0 Å². The van der Waals surface area contributed by atoms with Crippen molar-refractivity contribution in [2.75, 3.05) is 0 Å². The lowest BCUT2D eigenvalue weighted by atomic mass is 10.1. The minimum Gasteiger partial charge on any atom is -0.508 e. The maximum atomic E-state index is 13.1. The fraction of sp³-hybridized carbons (Fsp3) is 0.200. The molecule has 0 amide bonds. The summed E-state index contributed by atoms with van der Waals surface area (Å²) in [6.45, 7) is 0.0688. The number of rotatable bonds is 4. The first-order valence-electron chi connectivity index (χ1n) is 6.10. The molecule has 106 valence electrons. The van der Waals surface area contributed by atoms with Gasteiger partial charge in [0.25, 0.3) is 0 Å². The molecular formula is C15H14F3NO. The van der Waals surface area contributed by atoms with Crippen LogP contribution in [0.1, 0.15) is 17.2 Å². The first-order chi connectivity index (χ1) is 9.47. The maximum absolute atomic E-state index is 13.1. The van der Waals surface area contributed by atoms with Crippen molar-refractivity contribution in [3.63, 3.8) is 0 Å². The summed E-state index contributed by atoms with van der Waals surface area (Å²) in [7, 11) is 0. The summed E-state index contributed by atoms with van der Waals surface area (Å²) in [4.78, 5) is 0. The number of benzene rings is 2. The van der Waals surface area contributed by atoms with Crippen molar-refractivity contribution in [3.8, 4) is 5.75 Å². The van der Waals surface area contributed by atoms with E-state index in [0.29, 0.717) is 5.56 Å². The lowest BCUT2D eigenvalue weighted by Gasteiger charge is -2.22. The van der Waals surface area contributed by atoms with E-state index in [0.717, 1.165) is 0 Å². The van der Waals surface area contributed by atoms with E-state index >= 15 is 0 Å². The highest BCUT2D eigenvalue weighted by atomic mass is 19.4. The Morgan fingerprint density at radius 1 is 0.950 bits per heavy atom. The second-order valence-corrected chi connectivity index (χ2v) is 4.43. The van der Waals surface area contributed by atoms with Gasteiger partial charge in [0.15, 0.2) is 0 Å². The summed E-state index contributed by atoms with van der Waals surface area (Å²) in [5.41, 5.74) is 0.853. The molecule has 1 atom stereocenters. The third-order valence-corrected chi connectivity index (χ3v) is 2.91. The first-order valence-corrected chi connectivity index (χ1v) is 6.10. The van der Waals surface area contributed by atoms with Gasteiger partial charge in [-0.15, -0.1) is 0 Å². The van der Waals surface area contributed by atoms with Crippen molar-refractivity contribution in [2.24, 2.45) is 0 Å². The van der Waals surface area contributed by atoms with E-state index in [4.69, 9.17) is 5.11 Å². The highest BCUT2D eigenvalue weighted by molar-refractivity contribution is 5.26. The summed E-state index contributed by atoms with van der Waals surface area (Å²) in [5.74, 6) is 0.0872. The zero-order valence-electron chi connectivity index (χ0n) is 10.6. The molecule has 0 bridgehead atoms. The molecule has 0 saturated carbocycles. The van der Waals surface area contributed by atoms with E-state index in [1.165, 1.54) is 24.3 Å². The van der Waals surface area contributed by atoms with E-state index < -0.39 is 12.2 Å². The Kier molecular flexibility index (Phi) is 4.29. The minimum absolute atomic E-state index is 0.0688. The van der Waals surface area contributed by atoms with Crippen molar-refractivity contribution in [1.29, 1.82) is 0 Å². The smallest absolute Gasteiger partial charge is 0.407 e. The molecule has 0 saturated heterocycles. The minimum atomic E-state index is -4.36. The third-order valence-electron chi connectivity index (χ3n) is 2.91. The molecule has 0 aliphatic carbocycles. The van der Waals surface area contributed by atoms with Gasteiger partial charge in [0.2, 0.25) is 0 Å². The quantitative estimate of drug-likeness (QED) is 0.893. The van der Waals surface area contributed by atoms with E-state index in [1.54, 1.807) is 30.3 Å². The van der Waals surface area contributed by atoms with Crippen LogP contribution in [0.2, 0.25) is 0 Å². The molecule has 2 aromatic carbocycles. The molecule has 0 aliphatic rings. The molecule has 0 fully saturated rings. The third kappa shape index (κ3) is 3.74. The molecule has 2 rings (SSSR count). The zero-order chi connectivity index (χ0) is 14.6. The molecule has 5 heteroatoms. The number of aromatic hydroxyl groups is 1. The predicted molar refractivity (Wildman–Crippen MR) is 70.2 cm³/mol. The van der Waals surface area contributed by atoms with Crippen molar-refractivity contribution < 1.29 is 18.3 Å². The van der Waals surface area contributed by atoms with Crippen LogP contribution in [-0.4, -0.2) is 11.3 Å². The molecule has 1 unspecified atom stereocenters. The largest absolute Gasteiger partial charge is 0.508 e. The van der Waals surface area contributed by atoms with Gasteiger partial charge < -0.3 is 5.11 Å². The summed E-state index contributed by atoms with van der Waals surface area (Å²) in [5, 5.41) is 11.6. The van der Waals surface area contributed by atoms with Crippen molar-refractivity contribution >= 4 is 0 Å². The molecule has 20 heavy (non-hydrogen) atoms. The number of nitrogens with one attached hydrogen (secondary N) is 1. The maximum Gasteiger partial charge on any atom is 0.407 e. The fourth-order valence-corrected chi connectivity index (χ4v) is 1.90. The number of hydrogen-bond acceptors (Lipinski definition) is 2. The van der Waals surface area contributed by atoms with E-state index in [1.807, 2.05) is 0 Å². The Balaban J connectivity index is 2.11. The van der Waals surface area contributed by atoms with Crippen LogP contribution in [-0.2, 0) is 6.54 Å². The van der Waals surface area contributed by atoms with E-state index in [9.17, 15) is 13.2 Å². The molecule has 0 heterocycles. The van der Waals surface area contributed by atoms with Crippen molar-refractivity contribution in [2.45, 2.75) is 18.8 Å². The Labute approximate surface area is 114 Å². The number of phenolic OH excluding ortho intramolecular Hbond substituents is 1. The van der Waals surface area contributed by atoms with Gasteiger partial charge in [-0.05, 0) is 23.3 Å². The molecule has 0 aliphatic heterocycles. The summed E-state index contributed by atoms with van der Waals surface area (Å²) < 4.78 is 39.2. The van der Waals surface area contributed by atoms with Crippen LogP contribution in [0, 0.1) is 0 Å². The standard InChI is InChI=1S/C15H14F3NO/c16-15(17,18)14(12-4-2-1-3-5-12)19-10-11-6-8-13(20)9-7-11/h1-9,14,19-20H,10H2. The molecule has 0 aromatic heterocycles. The van der Waals surface area contributed by atoms with Crippen LogP contribution < -0.4 is 5.32 Å². The predicted octanol–water partition coefficient (Wildman–Crippen LogP) is 3.79. The number of hydrogen-bond donors (Lipinski definition) is 2. The number of halogens is 3. The monoisotopic (exact) mass is 281 g/mol. The molecule has 2 aromatic rings. The second kappa shape index (κ2) is 5.96. The van der Waals surface area contributed by atoms with E-state index in [2.05, 4.69) is 5.32 Å². The topological polar surface area (TPSA) is 32.3 Å². The van der Waals surface area contributed by atoms with Gasteiger partial charge in [-0.25, -0.2) is 0 Å². The highest BCUT2D eigenvalue weighted by Crippen LogP contribution is 2.32. The molecule has 0 radical (unpaired) electrons. The summed E-state index contributed by atoms with van der Waals surface area (Å²) in [6, 6.07) is 12.1. The van der Waals surface area contributed by atoms with Gasteiger partial charge in [0, 0.05) is 6.54 Å². The van der Waals surface area contributed by atoms with Crippen molar-refractivity contribution in [3.05, 3.63) is 65.7 Å². The Morgan fingerprint density at radius 3 is 2.10 bits per heavy atom. The van der Waals surface area contributed by atoms with Crippen LogP contribution in [0.3, 0.4) is 0 Å². The number of phenols is 1. The van der Waals surface area contributed by atoms with Crippen LogP contribution in [0.25, 0.3) is 0 Å².